The molecule has 1 aromatic heterocycles. The SMILES string of the molecule is C[C@H](C(=O)Nc1ccc(F)cc1)[n+]1ccc2c(c1)CCCC2. The van der Waals surface area contributed by atoms with Crippen LogP contribution < -0.4 is 9.88 Å². The summed E-state index contributed by atoms with van der Waals surface area (Å²) >= 11 is 0. The average Bonchev–Trinajstić information content (AvgIpc) is 2.55. The molecular weight excluding hydrogens is 279 g/mol. The number of fused-ring (bicyclic) bond motifs is 1. The Bertz CT molecular complexity index is 682. The minimum Gasteiger partial charge on any atom is -0.320 e. The van der Waals surface area contributed by atoms with Crippen molar-refractivity contribution in [3.05, 3.63) is 59.7 Å². The molecule has 1 heterocycles. The molecule has 0 fully saturated rings. The van der Waals surface area contributed by atoms with E-state index in [9.17, 15) is 9.18 Å². The smallest absolute Gasteiger partial charge is 0.293 e. The van der Waals surface area contributed by atoms with Crippen molar-refractivity contribution in [2.45, 2.75) is 38.6 Å². The lowest BCUT2D eigenvalue weighted by molar-refractivity contribution is -0.706. The number of aryl methyl sites for hydroxylation is 2. The first-order valence-corrected chi connectivity index (χ1v) is 7.72. The zero-order valence-electron chi connectivity index (χ0n) is 12.7. The lowest BCUT2D eigenvalue weighted by Crippen LogP contribution is -2.44. The minimum atomic E-state index is -0.310. The fraction of sp³-hybridized carbons (Fsp3) is 0.333. The largest absolute Gasteiger partial charge is 0.320 e. The highest BCUT2D eigenvalue weighted by Gasteiger charge is 2.24. The first-order chi connectivity index (χ1) is 10.6. The van der Waals surface area contributed by atoms with Crippen molar-refractivity contribution in [1.82, 2.24) is 0 Å². The van der Waals surface area contributed by atoms with E-state index in [-0.39, 0.29) is 17.8 Å². The van der Waals surface area contributed by atoms with Gasteiger partial charge in [0.1, 0.15) is 5.82 Å². The van der Waals surface area contributed by atoms with Crippen molar-refractivity contribution < 1.29 is 13.8 Å². The standard InChI is InChI=1S/C18H19FN2O/c1-13(18(22)20-17-8-6-16(19)7-9-17)21-11-10-14-4-2-3-5-15(14)12-21/h6-13H,2-5H2,1H3/p+1/t13-/m1/s1. The van der Waals surface area contributed by atoms with Crippen LogP contribution in [0.3, 0.4) is 0 Å². The van der Waals surface area contributed by atoms with Gasteiger partial charge >= 0.3 is 0 Å². The predicted octanol–water partition coefficient (Wildman–Crippen LogP) is 3.19. The molecule has 0 spiro atoms. The third kappa shape index (κ3) is 3.16. The van der Waals surface area contributed by atoms with Crippen LogP contribution in [0, 0.1) is 5.82 Å². The number of nitrogens with one attached hydrogen (secondary N) is 1. The van der Waals surface area contributed by atoms with Crippen molar-refractivity contribution in [2.75, 3.05) is 5.32 Å². The monoisotopic (exact) mass is 299 g/mol. The van der Waals surface area contributed by atoms with Crippen molar-refractivity contribution >= 4 is 11.6 Å². The van der Waals surface area contributed by atoms with Gasteiger partial charge in [-0.1, -0.05) is 0 Å². The molecule has 0 unspecified atom stereocenters. The molecule has 1 aliphatic carbocycles. The first kappa shape index (κ1) is 14.7. The summed E-state index contributed by atoms with van der Waals surface area (Å²) in [6, 6.07) is 7.63. The molecule has 3 nitrogen and oxygen atoms in total. The highest BCUT2D eigenvalue weighted by Crippen LogP contribution is 2.19. The van der Waals surface area contributed by atoms with E-state index in [0.717, 1.165) is 12.8 Å². The highest BCUT2D eigenvalue weighted by molar-refractivity contribution is 5.92. The van der Waals surface area contributed by atoms with Crippen molar-refractivity contribution in [3.63, 3.8) is 0 Å². The van der Waals surface area contributed by atoms with Crippen LogP contribution in [0.25, 0.3) is 0 Å². The van der Waals surface area contributed by atoms with Gasteiger partial charge in [-0.3, -0.25) is 4.79 Å². The van der Waals surface area contributed by atoms with Crippen LogP contribution in [0.1, 0.15) is 36.9 Å². The molecule has 1 aliphatic rings. The van der Waals surface area contributed by atoms with Crippen LogP contribution in [0.4, 0.5) is 10.1 Å². The number of pyridine rings is 1. The third-order valence-electron chi connectivity index (χ3n) is 4.25. The Morgan fingerprint density at radius 2 is 1.82 bits per heavy atom. The van der Waals surface area contributed by atoms with Gasteiger partial charge in [-0.25, -0.2) is 4.39 Å². The number of nitrogens with zero attached hydrogens (tertiary/aromatic N) is 1. The molecule has 3 rings (SSSR count). The molecule has 1 atom stereocenters. The molecule has 0 saturated carbocycles. The van der Waals surface area contributed by atoms with Gasteiger partial charge in [0.15, 0.2) is 12.4 Å². The highest BCUT2D eigenvalue weighted by atomic mass is 19.1. The molecule has 4 heteroatoms. The van der Waals surface area contributed by atoms with Crippen molar-refractivity contribution in [2.24, 2.45) is 0 Å². The van der Waals surface area contributed by atoms with E-state index in [1.54, 1.807) is 12.1 Å². The summed E-state index contributed by atoms with van der Waals surface area (Å²) in [6.45, 7) is 1.87. The normalized spacial score (nSPS) is 15.0. The lowest BCUT2D eigenvalue weighted by atomic mass is 9.93. The molecule has 0 aliphatic heterocycles. The van der Waals surface area contributed by atoms with Gasteiger partial charge < -0.3 is 5.32 Å². The van der Waals surface area contributed by atoms with E-state index >= 15 is 0 Å². The van der Waals surface area contributed by atoms with Crippen molar-refractivity contribution in [3.8, 4) is 0 Å². The summed E-state index contributed by atoms with van der Waals surface area (Å²) in [5.74, 6) is -0.414. The summed E-state index contributed by atoms with van der Waals surface area (Å²) in [5.41, 5.74) is 3.35. The van der Waals surface area contributed by atoms with Gasteiger partial charge in [0.2, 0.25) is 6.04 Å². The summed E-state index contributed by atoms with van der Waals surface area (Å²) in [7, 11) is 0. The number of hydrogen-bond acceptors (Lipinski definition) is 1. The number of hydrogen-bond donors (Lipinski definition) is 1. The molecule has 0 bridgehead atoms. The van der Waals surface area contributed by atoms with E-state index in [2.05, 4.69) is 17.6 Å². The maximum Gasteiger partial charge on any atom is 0.293 e. The van der Waals surface area contributed by atoms with Crippen LogP contribution in [0.15, 0.2) is 42.7 Å². The van der Waals surface area contributed by atoms with Crippen LogP contribution in [-0.2, 0) is 17.6 Å². The zero-order valence-corrected chi connectivity index (χ0v) is 12.7. The van der Waals surface area contributed by atoms with Crippen molar-refractivity contribution in [1.29, 1.82) is 0 Å². The Labute approximate surface area is 129 Å². The van der Waals surface area contributed by atoms with Crippen LogP contribution >= 0.6 is 0 Å². The molecule has 0 saturated heterocycles. The summed E-state index contributed by atoms with van der Waals surface area (Å²) in [4.78, 5) is 12.3. The summed E-state index contributed by atoms with van der Waals surface area (Å²) < 4.78 is 14.8. The maximum absolute atomic E-state index is 12.9. The second kappa shape index (κ2) is 6.26. The van der Waals surface area contributed by atoms with E-state index in [4.69, 9.17) is 0 Å². The zero-order chi connectivity index (χ0) is 15.5. The molecular formula is C18H20FN2O+. The summed E-state index contributed by atoms with van der Waals surface area (Å²) in [6.07, 6.45) is 8.74. The number of carbonyl (C=O) groups is 1. The summed E-state index contributed by atoms with van der Waals surface area (Å²) in [5, 5.41) is 2.82. The molecule has 1 N–H and O–H groups in total. The van der Waals surface area contributed by atoms with Gasteiger partial charge in [-0.05, 0) is 55.5 Å². The Morgan fingerprint density at radius 3 is 2.55 bits per heavy atom. The number of benzene rings is 1. The van der Waals surface area contributed by atoms with E-state index in [1.807, 2.05) is 17.7 Å². The molecule has 2 aromatic rings. The average molecular weight is 299 g/mol. The Kier molecular flexibility index (Phi) is 4.18. The Morgan fingerprint density at radius 1 is 1.14 bits per heavy atom. The molecule has 22 heavy (non-hydrogen) atoms. The number of anilines is 1. The van der Waals surface area contributed by atoms with E-state index in [1.165, 1.54) is 36.1 Å². The van der Waals surface area contributed by atoms with Crippen LogP contribution in [-0.4, -0.2) is 5.91 Å². The number of amides is 1. The fourth-order valence-electron chi connectivity index (χ4n) is 2.85. The number of aromatic nitrogens is 1. The van der Waals surface area contributed by atoms with Gasteiger partial charge in [0.25, 0.3) is 5.91 Å². The van der Waals surface area contributed by atoms with Gasteiger partial charge in [-0.2, -0.15) is 4.57 Å². The number of rotatable bonds is 3. The maximum atomic E-state index is 12.9. The number of halogens is 1. The predicted molar refractivity (Wildman–Crippen MR) is 83.0 cm³/mol. The van der Waals surface area contributed by atoms with E-state index < -0.39 is 0 Å². The quantitative estimate of drug-likeness (QED) is 0.868. The second-order valence-electron chi connectivity index (χ2n) is 5.82. The topological polar surface area (TPSA) is 33.0 Å². The molecule has 114 valence electrons. The van der Waals surface area contributed by atoms with Gasteiger partial charge in [0.05, 0.1) is 0 Å². The van der Waals surface area contributed by atoms with Gasteiger partial charge in [0, 0.05) is 24.2 Å². The molecule has 0 radical (unpaired) electrons. The minimum absolute atomic E-state index is 0.104. The lowest BCUT2D eigenvalue weighted by Gasteiger charge is -2.15. The fourth-order valence-corrected chi connectivity index (χ4v) is 2.85. The van der Waals surface area contributed by atoms with Crippen LogP contribution in [0.2, 0.25) is 0 Å². The van der Waals surface area contributed by atoms with Gasteiger partial charge in [-0.15, -0.1) is 0 Å². The Hall–Kier alpha value is -2.23. The second-order valence-corrected chi connectivity index (χ2v) is 5.82. The first-order valence-electron chi connectivity index (χ1n) is 7.72. The van der Waals surface area contributed by atoms with Crippen LogP contribution in [0.5, 0.6) is 0 Å². The number of carbonyl (C=O) groups excluding carboxylic acids is 1. The third-order valence-corrected chi connectivity index (χ3v) is 4.25. The molecule has 1 aromatic carbocycles. The molecule has 1 amide bonds. The Balaban J connectivity index is 1.73. The van der Waals surface area contributed by atoms with E-state index in [0.29, 0.717) is 5.69 Å².